The minimum absolute atomic E-state index is 0.163. The molecule has 1 atom stereocenters. The van der Waals surface area contributed by atoms with Gasteiger partial charge < -0.3 is 16.0 Å². The molecule has 1 aromatic carbocycles. The molecule has 0 radical (unpaired) electrons. The normalized spacial score (nSPS) is 16.8. The number of amides is 3. The molecule has 0 bridgehead atoms. The van der Waals surface area contributed by atoms with E-state index in [9.17, 15) is 14.4 Å². The molecule has 1 aliphatic heterocycles. The Labute approximate surface area is 136 Å². The van der Waals surface area contributed by atoms with Crippen molar-refractivity contribution >= 4 is 39.9 Å². The van der Waals surface area contributed by atoms with E-state index in [1.807, 2.05) is 6.92 Å². The number of para-hydroxylation sites is 1. The molecular formula is C15H14N4O3S. The average molecular weight is 330 g/mol. The van der Waals surface area contributed by atoms with Crippen LogP contribution >= 0.6 is 11.3 Å². The molecule has 0 aliphatic carbocycles. The van der Waals surface area contributed by atoms with Gasteiger partial charge in [0.25, 0.3) is 5.91 Å². The van der Waals surface area contributed by atoms with Crippen molar-refractivity contribution in [3.05, 3.63) is 40.9 Å². The highest BCUT2D eigenvalue weighted by Crippen LogP contribution is 2.20. The fraction of sp³-hybridized carbons (Fsp3) is 0.200. The smallest absolute Gasteiger partial charge is 0.254 e. The van der Waals surface area contributed by atoms with E-state index in [1.165, 1.54) is 11.3 Å². The molecule has 3 N–H and O–H groups in total. The second-order valence-electron chi connectivity index (χ2n) is 5.09. The van der Waals surface area contributed by atoms with E-state index in [2.05, 4.69) is 20.9 Å². The highest BCUT2D eigenvalue weighted by Gasteiger charge is 2.29. The zero-order valence-corrected chi connectivity index (χ0v) is 13.1. The molecule has 1 aromatic heterocycles. The zero-order chi connectivity index (χ0) is 16.4. The summed E-state index contributed by atoms with van der Waals surface area (Å²) in [5.74, 6) is -1.19. The number of hydrogen-bond acceptors (Lipinski definition) is 5. The summed E-state index contributed by atoms with van der Waals surface area (Å²) in [5, 5.41) is 8.33. The second-order valence-corrected chi connectivity index (χ2v) is 6.32. The lowest BCUT2D eigenvalue weighted by Crippen LogP contribution is -2.43. The molecule has 3 rings (SSSR count). The molecule has 0 saturated heterocycles. The molecule has 0 fully saturated rings. The van der Waals surface area contributed by atoms with Gasteiger partial charge in [-0.3, -0.25) is 14.4 Å². The maximum atomic E-state index is 12.2. The van der Waals surface area contributed by atoms with Gasteiger partial charge in [0.15, 0.2) is 5.13 Å². The summed E-state index contributed by atoms with van der Waals surface area (Å²) in [6.45, 7) is 1.88. The minimum Gasteiger partial charge on any atom is -0.340 e. The van der Waals surface area contributed by atoms with Crippen molar-refractivity contribution in [1.29, 1.82) is 0 Å². The van der Waals surface area contributed by atoms with Crippen LogP contribution in [0.2, 0.25) is 0 Å². The van der Waals surface area contributed by atoms with Crippen LogP contribution in [0.1, 0.15) is 21.7 Å². The van der Waals surface area contributed by atoms with E-state index in [0.717, 1.165) is 4.88 Å². The van der Waals surface area contributed by atoms with E-state index in [4.69, 9.17) is 0 Å². The molecule has 8 heteroatoms. The first-order valence-corrected chi connectivity index (χ1v) is 7.77. The van der Waals surface area contributed by atoms with Crippen LogP contribution in [0.15, 0.2) is 30.5 Å². The lowest BCUT2D eigenvalue weighted by molar-refractivity contribution is -0.122. The van der Waals surface area contributed by atoms with Gasteiger partial charge in [-0.25, -0.2) is 4.98 Å². The molecule has 7 nitrogen and oxygen atoms in total. The van der Waals surface area contributed by atoms with Crippen LogP contribution in [-0.4, -0.2) is 28.7 Å². The summed E-state index contributed by atoms with van der Waals surface area (Å²) in [4.78, 5) is 41.4. The first kappa shape index (κ1) is 15.2. The third kappa shape index (κ3) is 3.37. The molecule has 0 spiro atoms. The number of hydrogen-bond donors (Lipinski definition) is 3. The number of aryl methyl sites for hydroxylation is 1. The number of fused-ring (bicyclic) bond motifs is 1. The van der Waals surface area contributed by atoms with Crippen LogP contribution in [-0.2, 0) is 9.59 Å². The Balaban J connectivity index is 1.70. The standard InChI is InChI=1S/C15H14N4O3S/c1-8-7-16-15(23-8)19-12(20)6-11-14(22)17-10-5-3-2-4-9(10)13(21)18-11/h2-5,7,11H,6H2,1H3,(H,17,22)(H,18,21)(H,16,19,20)/t11-/m1/s1. The molecule has 0 unspecified atom stereocenters. The van der Waals surface area contributed by atoms with Crippen LogP contribution in [0.3, 0.4) is 0 Å². The Morgan fingerprint density at radius 3 is 2.87 bits per heavy atom. The number of nitrogens with one attached hydrogen (secondary N) is 3. The maximum Gasteiger partial charge on any atom is 0.254 e. The van der Waals surface area contributed by atoms with Crippen molar-refractivity contribution in [1.82, 2.24) is 10.3 Å². The summed E-state index contributed by atoms with van der Waals surface area (Å²) >= 11 is 1.34. The van der Waals surface area contributed by atoms with E-state index in [0.29, 0.717) is 16.4 Å². The first-order valence-electron chi connectivity index (χ1n) is 6.96. The van der Waals surface area contributed by atoms with Crippen molar-refractivity contribution in [3.63, 3.8) is 0 Å². The summed E-state index contributed by atoms with van der Waals surface area (Å²) in [6.07, 6.45) is 1.49. The number of rotatable bonds is 3. The number of carbonyl (C=O) groups is 3. The number of thiazole rings is 1. The Morgan fingerprint density at radius 2 is 2.13 bits per heavy atom. The van der Waals surface area contributed by atoms with Gasteiger partial charge in [-0.05, 0) is 19.1 Å². The molecule has 118 valence electrons. The van der Waals surface area contributed by atoms with Crippen LogP contribution in [0, 0.1) is 6.92 Å². The molecule has 3 amide bonds. The van der Waals surface area contributed by atoms with Gasteiger partial charge >= 0.3 is 0 Å². The lowest BCUT2D eigenvalue weighted by Gasteiger charge is -2.13. The third-order valence-electron chi connectivity index (χ3n) is 3.31. The topological polar surface area (TPSA) is 100 Å². The summed E-state index contributed by atoms with van der Waals surface area (Å²) in [7, 11) is 0. The molecule has 23 heavy (non-hydrogen) atoms. The van der Waals surface area contributed by atoms with Gasteiger partial charge in [0.05, 0.1) is 17.7 Å². The Morgan fingerprint density at radius 1 is 1.35 bits per heavy atom. The van der Waals surface area contributed by atoms with Crippen LogP contribution in [0.5, 0.6) is 0 Å². The number of benzene rings is 1. The van der Waals surface area contributed by atoms with Crippen LogP contribution in [0.25, 0.3) is 0 Å². The molecule has 2 heterocycles. The number of nitrogens with zero attached hydrogens (tertiary/aromatic N) is 1. The average Bonchev–Trinajstić information content (AvgIpc) is 2.86. The van der Waals surface area contributed by atoms with Crippen molar-refractivity contribution in [2.45, 2.75) is 19.4 Å². The fourth-order valence-electron chi connectivity index (χ4n) is 2.22. The lowest BCUT2D eigenvalue weighted by atomic mass is 10.1. The molecular weight excluding hydrogens is 316 g/mol. The number of carbonyl (C=O) groups excluding carboxylic acids is 3. The summed E-state index contributed by atoms with van der Waals surface area (Å²) in [5.41, 5.74) is 0.813. The number of aromatic nitrogens is 1. The van der Waals surface area contributed by atoms with Crippen molar-refractivity contribution in [3.8, 4) is 0 Å². The highest BCUT2D eigenvalue weighted by molar-refractivity contribution is 7.15. The predicted molar refractivity (Wildman–Crippen MR) is 86.4 cm³/mol. The largest absolute Gasteiger partial charge is 0.340 e. The number of anilines is 2. The van der Waals surface area contributed by atoms with Crippen LogP contribution < -0.4 is 16.0 Å². The minimum atomic E-state index is -0.934. The summed E-state index contributed by atoms with van der Waals surface area (Å²) in [6, 6.07) is 5.77. The maximum absolute atomic E-state index is 12.2. The van der Waals surface area contributed by atoms with Gasteiger partial charge in [-0.2, -0.15) is 0 Å². The van der Waals surface area contributed by atoms with Crippen molar-refractivity contribution in [2.75, 3.05) is 10.6 Å². The second kappa shape index (κ2) is 6.17. The summed E-state index contributed by atoms with van der Waals surface area (Å²) < 4.78 is 0. The van der Waals surface area contributed by atoms with Crippen molar-refractivity contribution in [2.24, 2.45) is 0 Å². The monoisotopic (exact) mass is 330 g/mol. The van der Waals surface area contributed by atoms with E-state index in [1.54, 1.807) is 30.5 Å². The van der Waals surface area contributed by atoms with Crippen LogP contribution in [0.4, 0.5) is 10.8 Å². The quantitative estimate of drug-likeness (QED) is 0.794. The Kier molecular flexibility index (Phi) is 4.07. The van der Waals surface area contributed by atoms with Crippen molar-refractivity contribution < 1.29 is 14.4 Å². The predicted octanol–water partition coefficient (Wildman–Crippen LogP) is 1.53. The Bertz CT molecular complexity index is 787. The molecule has 1 aliphatic rings. The van der Waals surface area contributed by atoms with E-state index < -0.39 is 11.9 Å². The van der Waals surface area contributed by atoms with Gasteiger partial charge in [-0.1, -0.05) is 12.1 Å². The van der Waals surface area contributed by atoms with Gasteiger partial charge in [0.2, 0.25) is 11.8 Å². The molecule has 2 aromatic rings. The first-order chi connectivity index (χ1) is 11.0. The fourth-order valence-corrected chi connectivity index (χ4v) is 2.90. The van der Waals surface area contributed by atoms with E-state index in [-0.39, 0.29) is 18.2 Å². The Hall–Kier alpha value is -2.74. The highest BCUT2D eigenvalue weighted by atomic mass is 32.1. The SMILES string of the molecule is Cc1cnc(NC(=O)C[C@H]2NC(=O)c3ccccc3NC2=O)s1. The van der Waals surface area contributed by atoms with E-state index >= 15 is 0 Å². The molecule has 0 saturated carbocycles. The van der Waals surface area contributed by atoms with Gasteiger partial charge in [0.1, 0.15) is 6.04 Å². The zero-order valence-electron chi connectivity index (χ0n) is 12.3. The van der Waals surface area contributed by atoms with Gasteiger partial charge in [-0.15, -0.1) is 11.3 Å². The van der Waals surface area contributed by atoms with Gasteiger partial charge in [0, 0.05) is 11.1 Å². The third-order valence-corrected chi connectivity index (χ3v) is 4.14.